The van der Waals surface area contributed by atoms with Gasteiger partial charge in [-0.2, -0.15) is 0 Å². The minimum absolute atomic E-state index is 0.0338. The highest BCUT2D eigenvalue weighted by molar-refractivity contribution is 6.08. The molecule has 4 amide bonds. The molecule has 2 fully saturated rings. The number of rotatable bonds is 10. The van der Waals surface area contributed by atoms with Crippen LogP contribution in [0.4, 0.5) is 10.1 Å². The average Bonchev–Trinajstić information content (AvgIpc) is 3.51. The fourth-order valence-electron chi connectivity index (χ4n) is 6.35. The molecule has 1 aliphatic heterocycles. The van der Waals surface area contributed by atoms with Gasteiger partial charge >= 0.3 is 0 Å². The zero-order chi connectivity index (χ0) is 32.8. The molecule has 246 valence electrons. The fourth-order valence-corrected chi connectivity index (χ4v) is 6.35. The van der Waals surface area contributed by atoms with Crippen molar-refractivity contribution in [2.24, 2.45) is 5.92 Å². The Morgan fingerprint density at radius 1 is 1.04 bits per heavy atom. The van der Waals surface area contributed by atoms with Crippen LogP contribution >= 0.6 is 0 Å². The minimum Gasteiger partial charge on any atom is -0.463 e. The summed E-state index contributed by atoms with van der Waals surface area (Å²) in [5.74, 6) is -2.76. The van der Waals surface area contributed by atoms with Crippen LogP contribution in [0.5, 0.6) is 0 Å². The van der Waals surface area contributed by atoms with Crippen LogP contribution in [0.3, 0.4) is 0 Å². The van der Waals surface area contributed by atoms with Crippen LogP contribution in [0.2, 0.25) is 0 Å². The highest BCUT2D eigenvalue weighted by atomic mass is 19.1. The van der Waals surface area contributed by atoms with Crippen molar-refractivity contribution in [3.63, 3.8) is 0 Å². The molecule has 3 N–H and O–H groups in total. The van der Waals surface area contributed by atoms with E-state index in [0.29, 0.717) is 29.6 Å². The molecule has 3 heterocycles. The van der Waals surface area contributed by atoms with Crippen molar-refractivity contribution < 1.29 is 28.0 Å². The molecular weight excluding hydrogens is 591 g/mol. The molecule has 1 saturated heterocycles. The molecule has 2 aliphatic rings. The van der Waals surface area contributed by atoms with Crippen LogP contribution < -0.4 is 16.0 Å². The van der Waals surface area contributed by atoms with Gasteiger partial charge in [-0.3, -0.25) is 24.2 Å². The number of pyridine rings is 1. The second-order valence-electron chi connectivity index (χ2n) is 12.4. The summed E-state index contributed by atoms with van der Waals surface area (Å²) >= 11 is 0. The number of hydrogen-bond donors (Lipinski definition) is 3. The summed E-state index contributed by atoms with van der Waals surface area (Å²) in [6.07, 6.45) is 9.12. The van der Waals surface area contributed by atoms with Crippen LogP contribution in [-0.4, -0.2) is 83.7 Å². The number of nitrogens with one attached hydrogen (secondary N) is 3. The standard InChI is InChI=1S/C34H43FN6O5/c1-4-29(42)38-30(34(45)41-16-14-40(3)15-17-41)21(2)23-10-11-27(26(35)18-23)37-33(44)31(22-8-6-5-7-9-22)39-32(43)25-20-46-28-12-13-36-19-24(25)28/h10-13,18-22,30-31H,4-9,14-17H2,1-3H3,(H,37,44)(H,38,42)(H,39,43). The molecule has 3 atom stereocenters. The Bertz CT molecular complexity index is 1560. The second-order valence-corrected chi connectivity index (χ2v) is 12.4. The first kappa shape index (κ1) is 33.1. The van der Waals surface area contributed by atoms with Crippen LogP contribution in [0.1, 0.15) is 74.2 Å². The first-order valence-corrected chi connectivity index (χ1v) is 16.1. The Labute approximate surface area is 268 Å². The number of halogens is 1. The third-order valence-corrected chi connectivity index (χ3v) is 9.31. The number of fused-ring (bicyclic) bond motifs is 1. The van der Waals surface area contributed by atoms with Gasteiger partial charge in [0.05, 0.1) is 16.6 Å². The number of carbonyl (C=O) groups is 4. The van der Waals surface area contributed by atoms with Crippen LogP contribution in [-0.2, 0) is 14.4 Å². The quantitative estimate of drug-likeness (QED) is 0.306. The molecule has 0 spiro atoms. The van der Waals surface area contributed by atoms with Crippen molar-refractivity contribution in [2.75, 3.05) is 38.5 Å². The topological polar surface area (TPSA) is 137 Å². The van der Waals surface area contributed by atoms with Crippen LogP contribution in [0.25, 0.3) is 11.0 Å². The van der Waals surface area contributed by atoms with E-state index >= 15 is 4.39 Å². The highest BCUT2D eigenvalue weighted by Gasteiger charge is 2.34. The zero-order valence-electron chi connectivity index (χ0n) is 26.7. The van der Waals surface area contributed by atoms with E-state index in [1.165, 1.54) is 24.6 Å². The first-order valence-electron chi connectivity index (χ1n) is 16.1. The molecule has 2 aromatic heterocycles. The van der Waals surface area contributed by atoms with E-state index < -0.39 is 35.6 Å². The lowest BCUT2D eigenvalue weighted by Crippen LogP contribution is -2.55. The van der Waals surface area contributed by atoms with Crippen molar-refractivity contribution in [3.05, 3.63) is 59.9 Å². The SMILES string of the molecule is CCC(=O)NC(C(=O)N1CCN(C)CC1)C(C)c1ccc(NC(=O)C(NC(=O)c2coc3ccncc23)C2CCCCC2)c(F)c1. The number of piperazine rings is 1. The number of amides is 4. The van der Waals surface area contributed by atoms with Gasteiger partial charge in [-0.15, -0.1) is 0 Å². The van der Waals surface area contributed by atoms with Gasteiger partial charge in [0.25, 0.3) is 5.91 Å². The molecule has 0 radical (unpaired) electrons. The number of aromatic nitrogens is 1. The predicted octanol–water partition coefficient (Wildman–Crippen LogP) is 4.06. The van der Waals surface area contributed by atoms with Crippen LogP contribution in [0.15, 0.2) is 47.3 Å². The van der Waals surface area contributed by atoms with Gasteiger partial charge in [-0.05, 0) is 49.6 Å². The molecule has 1 aromatic carbocycles. The van der Waals surface area contributed by atoms with Crippen molar-refractivity contribution in [3.8, 4) is 0 Å². The smallest absolute Gasteiger partial charge is 0.255 e. The summed E-state index contributed by atoms with van der Waals surface area (Å²) in [5, 5.41) is 8.97. The summed E-state index contributed by atoms with van der Waals surface area (Å²) in [4.78, 5) is 60.9. The van der Waals surface area contributed by atoms with Crippen molar-refractivity contribution in [1.29, 1.82) is 0 Å². The lowest BCUT2D eigenvalue weighted by Gasteiger charge is -2.36. The summed E-state index contributed by atoms with van der Waals surface area (Å²) < 4.78 is 21.1. The predicted molar refractivity (Wildman–Crippen MR) is 172 cm³/mol. The molecule has 12 heteroatoms. The normalized spacial score (nSPS) is 18.0. The highest BCUT2D eigenvalue weighted by Crippen LogP contribution is 2.30. The molecule has 1 saturated carbocycles. The van der Waals surface area contributed by atoms with Crippen molar-refractivity contribution >= 4 is 40.3 Å². The number of anilines is 1. The van der Waals surface area contributed by atoms with Gasteiger partial charge in [0.2, 0.25) is 17.7 Å². The third-order valence-electron chi connectivity index (χ3n) is 9.31. The maximum Gasteiger partial charge on any atom is 0.255 e. The fraction of sp³-hybridized carbons (Fsp3) is 0.500. The molecule has 3 aromatic rings. The van der Waals surface area contributed by atoms with Gasteiger partial charge in [-0.1, -0.05) is 39.2 Å². The van der Waals surface area contributed by atoms with E-state index in [2.05, 4.69) is 25.8 Å². The number of carbonyl (C=O) groups excluding carboxylic acids is 4. The Hall–Kier alpha value is -4.32. The lowest BCUT2D eigenvalue weighted by molar-refractivity contribution is -0.138. The molecule has 1 aliphatic carbocycles. The Morgan fingerprint density at radius 2 is 1.78 bits per heavy atom. The number of nitrogens with zero attached hydrogens (tertiary/aromatic N) is 3. The van der Waals surface area contributed by atoms with E-state index in [1.807, 2.05) is 7.05 Å². The van der Waals surface area contributed by atoms with E-state index in [9.17, 15) is 19.2 Å². The average molecular weight is 635 g/mol. The third kappa shape index (κ3) is 7.55. The monoisotopic (exact) mass is 634 g/mol. The molecule has 3 unspecified atom stereocenters. The van der Waals surface area contributed by atoms with Crippen LogP contribution in [0, 0.1) is 11.7 Å². The number of hydrogen-bond acceptors (Lipinski definition) is 7. The molecular formula is C34H43FN6O5. The Balaban J connectivity index is 1.33. The summed E-state index contributed by atoms with van der Waals surface area (Å²) in [6.45, 7) is 6.06. The summed E-state index contributed by atoms with van der Waals surface area (Å²) in [6, 6.07) is 4.32. The molecule has 46 heavy (non-hydrogen) atoms. The van der Waals surface area contributed by atoms with Gasteiger partial charge < -0.3 is 30.2 Å². The van der Waals surface area contributed by atoms with E-state index in [4.69, 9.17) is 4.42 Å². The van der Waals surface area contributed by atoms with E-state index in [1.54, 1.807) is 37.1 Å². The van der Waals surface area contributed by atoms with E-state index in [0.717, 1.165) is 45.2 Å². The summed E-state index contributed by atoms with van der Waals surface area (Å²) in [7, 11) is 1.99. The maximum absolute atomic E-state index is 15.6. The first-order chi connectivity index (χ1) is 22.2. The Kier molecular flexibility index (Phi) is 10.7. The van der Waals surface area contributed by atoms with Gasteiger partial charge in [0, 0.05) is 50.9 Å². The van der Waals surface area contributed by atoms with Crippen molar-refractivity contribution in [1.82, 2.24) is 25.4 Å². The van der Waals surface area contributed by atoms with Gasteiger partial charge in [-0.25, -0.2) is 4.39 Å². The number of furan rings is 1. The van der Waals surface area contributed by atoms with E-state index in [-0.39, 0.29) is 35.4 Å². The minimum atomic E-state index is -0.887. The second kappa shape index (κ2) is 14.8. The zero-order valence-corrected chi connectivity index (χ0v) is 26.7. The molecule has 0 bridgehead atoms. The Morgan fingerprint density at radius 3 is 2.48 bits per heavy atom. The molecule has 5 rings (SSSR count). The largest absolute Gasteiger partial charge is 0.463 e. The van der Waals surface area contributed by atoms with Crippen molar-refractivity contribution in [2.45, 2.75) is 70.4 Å². The van der Waals surface area contributed by atoms with Gasteiger partial charge in [0.1, 0.15) is 29.7 Å². The van der Waals surface area contributed by atoms with Gasteiger partial charge in [0.15, 0.2) is 0 Å². The lowest BCUT2D eigenvalue weighted by atomic mass is 9.83. The summed E-state index contributed by atoms with van der Waals surface area (Å²) in [5.41, 5.74) is 1.26. The number of benzene rings is 1. The maximum atomic E-state index is 15.6. The molecule has 11 nitrogen and oxygen atoms in total. The number of likely N-dealkylation sites (N-methyl/N-ethyl adjacent to an activating group) is 1.